The molecule has 0 spiro atoms. The van der Waals surface area contributed by atoms with Crippen LogP contribution >= 0.6 is 0 Å². The molecule has 7 nitrogen and oxygen atoms in total. The number of aryl methyl sites for hydroxylation is 1. The summed E-state index contributed by atoms with van der Waals surface area (Å²) >= 11 is 0. The topological polar surface area (TPSA) is 104 Å². The fraction of sp³-hybridized carbons (Fsp3) is 0.462. The van der Waals surface area contributed by atoms with Gasteiger partial charge in [0.25, 0.3) is 10.1 Å². The van der Waals surface area contributed by atoms with Crippen molar-refractivity contribution in [2.45, 2.75) is 30.4 Å². The van der Waals surface area contributed by atoms with Gasteiger partial charge in [-0.3, -0.25) is 4.18 Å². The molecule has 21 heavy (non-hydrogen) atoms. The van der Waals surface area contributed by atoms with Gasteiger partial charge in [-0.15, -0.1) is 0 Å². The van der Waals surface area contributed by atoms with Gasteiger partial charge in [-0.25, -0.2) is 4.79 Å². The third kappa shape index (κ3) is 3.72. The number of nitrogens with zero attached hydrogens (tertiary/aromatic N) is 1. The third-order valence-electron chi connectivity index (χ3n) is 3.36. The van der Waals surface area contributed by atoms with Crippen LogP contribution in [0, 0.1) is 6.92 Å². The Balaban J connectivity index is 2.04. The van der Waals surface area contributed by atoms with Crippen LogP contribution in [0.2, 0.25) is 0 Å². The largest absolute Gasteiger partial charge is 0.465 e. The first-order valence-corrected chi connectivity index (χ1v) is 7.84. The first-order valence-electron chi connectivity index (χ1n) is 6.43. The minimum absolute atomic E-state index is 0.0218. The summed E-state index contributed by atoms with van der Waals surface area (Å²) in [6, 6.07) is 5.50. The predicted molar refractivity (Wildman–Crippen MR) is 73.5 cm³/mol. The van der Waals surface area contributed by atoms with Crippen molar-refractivity contribution < 1.29 is 27.6 Å². The molecule has 8 heteroatoms. The number of aliphatic hydroxyl groups is 1. The smallest absolute Gasteiger partial charge is 0.407 e. The lowest BCUT2D eigenvalue weighted by Crippen LogP contribution is -2.38. The summed E-state index contributed by atoms with van der Waals surface area (Å²) in [5, 5.41) is 18.5. The minimum Gasteiger partial charge on any atom is -0.465 e. The van der Waals surface area contributed by atoms with E-state index < -0.39 is 28.4 Å². The Morgan fingerprint density at radius 1 is 1.38 bits per heavy atom. The SMILES string of the molecule is Cc1ccc(S(=O)(=O)OC[C@H]2C[C@@H](O)CN2C(=O)O)cc1. The highest BCUT2D eigenvalue weighted by atomic mass is 32.2. The average Bonchev–Trinajstić information content (AvgIpc) is 2.79. The molecule has 2 rings (SSSR count). The molecular formula is C13H17NO6S. The molecule has 1 aromatic rings. The summed E-state index contributed by atoms with van der Waals surface area (Å²) in [5.41, 5.74) is 0.921. The maximum Gasteiger partial charge on any atom is 0.407 e. The summed E-state index contributed by atoms with van der Waals surface area (Å²) in [7, 11) is -3.93. The van der Waals surface area contributed by atoms with E-state index in [4.69, 9.17) is 9.29 Å². The molecular weight excluding hydrogens is 298 g/mol. The molecule has 1 saturated heterocycles. The molecule has 2 N–H and O–H groups in total. The second kappa shape index (κ2) is 6.00. The normalized spacial score (nSPS) is 22.5. The summed E-state index contributed by atoms with van der Waals surface area (Å²) < 4.78 is 28.9. The fourth-order valence-corrected chi connectivity index (χ4v) is 3.17. The van der Waals surface area contributed by atoms with Crippen molar-refractivity contribution in [2.75, 3.05) is 13.2 Å². The second-order valence-corrected chi connectivity index (χ2v) is 6.65. The zero-order valence-corrected chi connectivity index (χ0v) is 12.3. The van der Waals surface area contributed by atoms with Crippen molar-refractivity contribution in [2.24, 2.45) is 0 Å². The van der Waals surface area contributed by atoms with E-state index in [0.717, 1.165) is 10.5 Å². The van der Waals surface area contributed by atoms with Gasteiger partial charge in [0.2, 0.25) is 0 Å². The lowest BCUT2D eigenvalue weighted by atomic mass is 10.2. The molecule has 1 amide bonds. The minimum atomic E-state index is -3.93. The quantitative estimate of drug-likeness (QED) is 0.797. The Kier molecular flexibility index (Phi) is 4.50. The number of aliphatic hydroxyl groups excluding tert-OH is 1. The zero-order valence-electron chi connectivity index (χ0n) is 11.5. The monoisotopic (exact) mass is 315 g/mol. The number of rotatable bonds is 4. The van der Waals surface area contributed by atoms with Crippen LogP contribution in [-0.2, 0) is 14.3 Å². The van der Waals surface area contributed by atoms with E-state index in [1.54, 1.807) is 12.1 Å². The van der Waals surface area contributed by atoms with E-state index in [1.165, 1.54) is 12.1 Å². The summed E-state index contributed by atoms with van der Waals surface area (Å²) in [5.74, 6) is 0. The van der Waals surface area contributed by atoms with Gasteiger partial charge in [0.1, 0.15) is 0 Å². The van der Waals surface area contributed by atoms with Gasteiger partial charge < -0.3 is 15.1 Å². The molecule has 0 bridgehead atoms. The van der Waals surface area contributed by atoms with Crippen molar-refractivity contribution in [3.05, 3.63) is 29.8 Å². The lowest BCUT2D eigenvalue weighted by molar-refractivity contribution is 0.120. The maximum absolute atomic E-state index is 12.0. The highest BCUT2D eigenvalue weighted by molar-refractivity contribution is 7.86. The maximum atomic E-state index is 12.0. The van der Waals surface area contributed by atoms with Crippen molar-refractivity contribution >= 4 is 16.2 Å². The van der Waals surface area contributed by atoms with Crippen LogP contribution in [0.1, 0.15) is 12.0 Å². The van der Waals surface area contributed by atoms with E-state index >= 15 is 0 Å². The van der Waals surface area contributed by atoms with Gasteiger partial charge in [0.15, 0.2) is 0 Å². The molecule has 1 fully saturated rings. The summed E-state index contributed by atoms with van der Waals surface area (Å²) in [6.45, 7) is 1.50. The fourth-order valence-electron chi connectivity index (χ4n) is 2.23. The van der Waals surface area contributed by atoms with Crippen LogP contribution in [-0.4, -0.2) is 54.9 Å². The number of likely N-dealkylation sites (tertiary alicyclic amines) is 1. The molecule has 0 aromatic heterocycles. The van der Waals surface area contributed by atoms with Crippen molar-refractivity contribution in [3.63, 3.8) is 0 Å². The van der Waals surface area contributed by atoms with Crippen molar-refractivity contribution in [3.8, 4) is 0 Å². The lowest BCUT2D eigenvalue weighted by Gasteiger charge is -2.20. The van der Waals surface area contributed by atoms with Crippen LogP contribution in [0.15, 0.2) is 29.2 Å². The number of benzene rings is 1. The molecule has 2 atom stereocenters. The molecule has 0 aliphatic carbocycles. The van der Waals surface area contributed by atoms with Crippen LogP contribution in [0.25, 0.3) is 0 Å². The summed E-state index contributed by atoms with van der Waals surface area (Å²) in [6.07, 6.45) is -1.83. The van der Waals surface area contributed by atoms with Crippen LogP contribution < -0.4 is 0 Å². The Morgan fingerprint density at radius 3 is 2.57 bits per heavy atom. The van der Waals surface area contributed by atoms with Crippen molar-refractivity contribution in [1.29, 1.82) is 0 Å². The Bertz CT molecular complexity index is 612. The molecule has 1 aromatic carbocycles. The zero-order chi connectivity index (χ0) is 15.6. The first kappa shape index (κ1) is 15.7. The Morgan fingerprint density at radius 2 is 2.00 bits per heavy atom. The number of β-amino-alcohol motifs (C(OH)–C–C–N with tert-alkyl or cyclic N) is 1. The number of hydrogen-bond donors (Lipinski definition) is 2. The van der Waals surface area contributed by atoms with E-state index in [0.29, 0.717) is 0 Å². The second-order valence-electron chi connectivity index (χ2n) is 5.03. The van der Waals surface area contributed by atoms with Crippen LogP contribution in [0.3, 0.4) is 0 Å². The van der Waals surface area contributed by atoms with E-state index in [1.807, 2.05) is 6.92 Å². The molecule has 0 unspecified atom stereocenters. The van der Waals surface area contributed by atoms with Crippen LogP contribution in [0.4, 0.5) is 4.79 Å². The molecule has 0 radical (unpaired) electrons. The number of hydrogen-bond acceptors (Lipinski definition) is 5. The molecule has 1 aliphatic rings. The molecule has 1 aliphatic heterocycles. The molecule has 1 heterocycles. The van der Waals surface area contributed by atoms with Gasteiger partial charge in [0, 0.05) is 0 Å². The van der Waals surface area contributed by atoms with Gasteiger partial charge >= 0.3 is 6.09 Å². The van der Waals surface area contributed by atoms with Gasteiger partial charge in [0.05, 0.1) is 30.2 Å². The highest BCUT2D eigenvalue weighted by Crippen LogP contribution is 2.20. The number of carboxylic acid groups (broad SMARTS) is 1. The Labute approximate surface area is 122 Å². The van der Waals surface area contributed by atoms with Gasteiger partial charge in [-0.05, 0) is 25.5 Å². The van der Waals surface area contributed by atoms with Gasteiger partial charge in [-0.1, -0.05) is 17.7 Å². The summed E-state index contributed by atoms with van der Waals surface area (Å²) in [4.78, 5) is 12.0. The third-order valence-corrected chi connectivity index (χ3v) is 4.66. The van der Waals surface area contributed by atoms with Crippen molar-refractivity contribution in [1.82, 2.24) is 4.90 Å². The average molecular weight is 315 g/mol. The number of carbonyl (C=O) groups is 1. The van der Waals surface area contributed by atoms with E-state index in [-0.39, 0.29) is 24.5 Å². The predicted octanol–water partition coefficient (Wildman–Crippen LogP) is 0.814. The first-order chi connectivity index (χ1) is 9.79. The van der Waals surface area contributed by atoms with Crippen LogP contribution in [0.5, 0.6) is 0 Å². The number of amides is 1. The molecule has 0 saturated carbocycles. The Hall–Kier alpha value is -1.64. The van der Waals surface area contributed by atoms with E-state index in [2.05, 4.69) is 0 Å². The molecule has 116 valence electrons. The highest BCUT2D eigenvalue weighted by Gasteiger charge is 2.35. The standard InChI is InChI=1S/C13H17NO6S/c1-9-2-4-12(5-3-9)21(18,19)20-8-10-6-11(15)7-14(10)13(16)17/h2-5,10-11,15H,6-8H2,1H3,(H,16,17)/t10-,11-/m1/s1. The van der Waals surface area contributed by atoms with E-state index in [9.17, 15) is 18.3 Å². The van der Waals surface area contributed by atoms with Gasteiger partial charge in [-0.2, -0.15) is 8.42 Å².